The number of unbranched alkanes of at least 4 members (excludes halogenated alkanes) is 3. The number of hydrogen-bond donors (Lipinski definition) is 0. The zero-order valence-corrected chi connectivity index (χ0v) is 14.8. The largest absolute Gasteiger partial charge is 0.449 e. The average Bonchev–Trinajstić information content (AvgIpc) is 2.85. The minimum atomic E-state index is -0.877. The molecule has 1 aromatic rings. The third-order valence-electron chi connectivity index (χ3n) is 4.12. The lowest BCUT2D eigenvalue weighted by Gasteiger charge is -2.27. The molecule has 3 heteroatoms. The molecule has 1 aromatic heterocycles. The molecular weight excluding hydrogens is 265 g/mol. The molecule has 1 rings (SSSR count). The van der Waals surface area contributed by atoms with E-state index in [0.29, 0.717) is 0 Å². The molecule has 0 aliphatic carbocycles. The van der Waals surface area contributed by atoms with Crippen LogP contribution in [0.5, 0.6) is 0 Å². The number of aromatic nitrogens is 1. The second kappa shape index (κ2) is 9.55. The van der Waals surface area contributed by atoms with Gasteiger partial charge in [-0.15, -0.1) is 0 Å². The van der Waals surface area contributed by atoms with Crippen LogP contribution < -0.4 is 0 Å². The van der Waals surface area contributed by atoms with Crippen LogP contribution >= 0.6 is 7.26 Å². The third kappa shape index (κ3) is 5.95. The van der Waals surface area contributed by atoms with Crippen LogP contribution in [0.15, 0.2) is 10.7 Å². The van der Waals surface area contributed by atoms with Crippen LogP contribution in [0.4, 0.5) is 0 Å². The van der Waals surface area contributed by atoms with Gasteiger partial charge in [-0.1, -0.05) is 40.0 Å². The van der Waals surface area contributed by atoms with Gasteiger partial charge in [0.25, 0.3) is 0 Å². The Labute approximate surface area is 126 Å². The fourth-order valence-corrected chi connectivity index (χ4v) is 7.82. The summed E-state index contributed by atoms with van der Waals surface area (Å²) in [4.78, 5) is 4.58. The van der Waals surface area contributed by atoms with Crippen molar-refractivity contribution in [1.82, 2.24) is 4.98 Å². The molecule has 0 radical (unpaired) electrons. The molecule has 0 saturated heterocycles. The van der Waals surface area contributed by atoms with Gasteiger partial charge in [-0.2, -0.15) is 0 Å². The summed E-state index contributed by atoms with van der Waals surface area (Å²) in [5, 5.41) is 0. The first-order valence-corrected chi connectivity index (χ1v) is 10.9. The Morgan fingerprint density at radius 3 is 1.80 bits per heavy atom. The van der Waals surface area contributed by atoms with Crippen molar-refractivity contribution in [3.8, 4) is 0 Å². The van der Waals surface area contributed by atoms with Crippen LogP contribution in [-0.4, -0.2) is 23.5 Å². The zero-order chi connectivity index (χ0) is 14.8. The Hall–Kier alpha value is -0.360. The summed E-state index contributed by atoms with van der Waals surface area (Å²) in [7, 11) is -0.877. The van der Waals surface area contributed by atoms with E-state index in [2.05, 4.69) is 25.8 Å². The highest BCUT2D eigenvalue weighted by Gasteiger charge is 2.36. The molecule has 0 bridgehead atoms. The summed E-state index contributed by atoms with van der Waals surface area (Å²) in [6.45, 7) is 8.89. The Morgan fingerprint density at radius 2 is 1.45 bits per heavy atom. The van der Waals surface area contributed by atoms with Gasteiger partial charge in [0.15, 0.2) is 5.89 Å². The van der Waals surface area contributed by atoms with Gasteiger partial charge >= 0.3 is 0 Å². The fraction of sp³-hybridized carbons (Fsp3) is 0.824. The van der Waals surface area contributed by atoms with Crippen molar-refractivity contribution in [2.24, 2.45) is 0 Å². The predicted octanol–water partition coefficient (Wildman–Crippen LogP) is 5.90. The van der Waals surface area contributed by atoms with Gasteiger partial charge in [0.1, 0.15) is 18.1 Å². The molecule has 2 nitrogen and oxygen atoms in total. The number of aryl methyl sites for hydroxylation is 1. The normalized spacial score (nSPS) is 12.0. The van der Waals surface area contributed by atoms with Crippen LogP contribution in [0.25, 0.3) is 0 Å². The molecule has 1 heterocycles. The van der Waals surface area contributed by atoms with Gasteiger partial charge < -0.3 is 4.42 Å². The van der Waals surface area contributed by atoms with Crippen LogP contribution in [0.1, 0.15) is 70.9 Å². The van der Waals surface area contributed by atoms with Crippen molar-refractivity contribution in [3.63, 3.8) is 0 Å². The number of rotatable bonds is 11. The molecular formula is C17H33NOP+. The van der Waals surface area contributed by atoms with E-state index in [-0.39, 0.29) is 0 Å². The molecule has 0 aromatic carbocycles. The topological polar surface area (TPSA) is 26.0 Å². The second-order valence-corrected chi connectivity index (χ2v) is 10.4. The molecule has 0 aliphatic heterocycles. The van der Waals surface area contributed by atoms with Gasteiger partial charge in [-0.05, 0) is 19.3 Å². The number of oxazole rings is 1. The minimum Gasteiger partial charge on any atom is -0.449 e. The highest BCUT2D eigenvalue weighted by molar-refractivity contribution is 7.75. The summed E-state index contributed by atoms with van der Waals surface area (Å²) in [5.41, 5.74) is 1.21. The summed E-state index contributed by atoms with van der Waals surface area (Å²) >= 11 is 0. The predicted molar refractivity (Wildman–Crippen MR) is 91.2 cm³/mol. The van der Waals surface area contributed by atoms with Gasteiger partial charge in [-0.25, -0.2) is 4.98 Å². The highest BCUT2D eigenvalue weighted by atomic mass is 31.2. The van der Waals surface area contributed by atoms with Crippen LogP contribution in [0.3, 0.4) is 0 Å². The first-order chi connectivity index (χ1) is 9.65. The zero-order valence-electron chi connectivity index (χ0n) is 14.0. The molecule has 0 fully saturated rings. The lowest BCUT2D eigenvalue weighted by Crippen LogP contribution is -2.11. The SMILES string of the molecule is CCCC[P+](CCCC)(CCCC)Cc1coc(C)n1. The number of hydrogen-bond acceptors (Lipinski definition) is 2. The number of nitrogens with zero attached hydrogens (tertiary/aromatic N) is 1. The third-order valence-corrected chi connectivity index (χ3v) is 8.91. The van der Waals surface area contributed by atoms with Gasteiger partial charge in [-0.3, -0.25) is 0 Å². The van der Waals surface area contributed by atoms with Crippen molar-refractivity contribution < 1.29 is 4.42 Å². The van der Waals surface area contributed by atoms with Gasteiger partial charge in [0.05, 0.1) is 18.5 Å². The Balaban J connectivity index is 2.80. The van der Waals surface area contributed by atoms with E-state index in [1.165, 1.54) is 68.9 Å². The smallest absolute Gasteiger partial charge is 0.191 e. The van der Waals surface area contributed by atoms with Gasteiger partial charge in [0.2, 0.25) is 0 Å². The average molecular weight is 298 g/mol. The van der Waals surface area contributed by atoms with Gasteiger partial charge in [0, 0.05) is 14.2 Å². The van der Waals surface area contributed by atoms with Crippen LogP contribution in [-0.2, 0) is 6.16 Å². The van der Waals surface area contributed by atoms with E-state index in [4.69, 9.17) is 4.42 Å². The maximum Gasteiger partial charge on any atom is 0.191 e. The maximum absolute atomic E-state index is 5.43. The molecule has 0 spiro atoms. The van der Waals surface area contributed by atoms with Crippen molar-refractivity contribution in [3.05, 3.63) is 17.8 Å². The van der Waals surface area contributed by atoms with E-state index in [1.54, 1.807) is 0 Å². The van der Waals surface area contributed by atoms with E-state index in [0.717, 1.165) is 5.89 Å². The molecule has 0 saturated carbocycles. The summed E-state index contributed by atoms with van der Waals surface area (Å²) in [6, 6.07) is 0. The van der Waals surface area contributed by atoms with Crippen molar-refractivity contribution in [1.29, 1.82) is 0 Å². The van der Waals surface area contributed by atoms with Crippen LogP contribution in [0.2, 0.25) is 0 Å². The van der Waals surface area contributed by atoms with E-state index >= 15 is 0 Å². The Kier molecular flexibility index (Phi) is 8.45. The molecule has 0 atom stereocenters. The maximum atomic E-state index is 5.43. The highest BCUT2D eigenvalue weighted by Crippen LogP contribution is 2.63. The summed E-state index contributed by atoms with van der Waals surface area (Å²) in [6.07, 6.45) is 15.6. The molecule has 0 amide bonds. The van der Waals surface area contributed by atoms with E-state index < -0.39 is 7.26 Å². The van der Waals surface area contributed by atoms with Crippen molar-refractivity contribution in [2.75, 3.05) is 18.5 Å². The standard InChI is InChI=1S/C17H33NOP/c1-5-8-11-20(12-9-6-2,13-10-7-3)15-17-14-19-16(4)18-17/h14H,5-13,15H2,1-4H3/q+1. The molecule has 116 valence electrons. The van der Waals surface area contributed by atoms with Crippen molar-refractivity contribution in [2.45, 2.75) is 72.4 Å². The Morgan fingerprint density at radius 1 is 0.950 bits per heavy atom. The fourth-order valence-electron chi connectivity index (χ4n) is 2.88. The molecule has 0 unspecified atom stereocenters. The lowest BCUT2D eigenvalue weighted by molar-refractivity contribution is 0.521. The quantitative estimate of drug-likeness (QED) is 0.475. The lowest BCUT2D eigenvalue weighted by atomic mass is 10.4. The van der Waals surface area contributed by atoms with E-state index in [9.17, 15) is 0 Å². The van der Waals surface area contributed by atoms with Crippen LogP contribution in [0, 0.1) is 6.92 Å². The minimum absolute atomic E-state index is 0.819. The molecule has 20 heavy (non-hydrogen) atoms. The van der Waals surface area contributed by atoms with Crippen molar-refractivity contribution >= 4 is 7.26 Å². The molecule has 0 N–H and O–H groups in total. The monoisotopic (exact) mass is 298 g/mol. The first kappa shape index (κ1) is 17.7. The summed E-state index contributed by atoms with van der Waals surface area (Å²) < 4.78 is 5.43. The summed E-state index contributed by atoms with van der Waals surface area (Å²) in [5.74, 6) is 0.819. The first-order valence-electron chi connectivity index (χ1n) is 8.42. The Bertz CT molecular complexity index is 340. The second-order valence-electron chi connectivity index (χ2n) is 6.09. The molecule has 0 aliphatic rings. The van der Waals surface area contributed by atoms with E-state index in [1.807, 2.05) is 13.2 Å².